The van der Waals surface area contributed by atoms with Crippen molar-refractivity contribution in [2.24, 2.45) is 5.92 Å². The Hall–Kier alpha value is -0.730. The van der Waals surface area contributed by atoms with Crippen molar-refractivity contribution in [3.05, 3.63) is 28.8 Å². The second kappa shape index (κ2) is 5.94. The van der Waals surface area contributed by atoms with E-state index in [-0.39, 0.29) is 0 Å². The van der Waals surface area contributed by atoms with Gasteiger partial charge in [0.2, 0.25) is 0 Å². The first-order chi connectivity index (χ1) is 8.61. The Morgan fingerprint density at radius 3 is 2.83 bits per heavy atom. The van der Waals surface area contributed by atoms with Gasteiger partial charge < -0.3 is 10.2 Å². The Bertz CT molecular complexity index is 405. The van der Waals surface area contributed by atoms with Crippen LogP contribution in [0.3, 0.4) is 0 Å². The molecule has 1 aromatic rings. The molecule has 1 aliphatic heterocycles. The van der Waals surface area contributed by atoms with Gasteiger partial charge in [0.1, 0.15) is 0 Å². The van der Waals surface area contributed by atoms with Gasteiger partial charge in [0, 0.05) is 29.8 Å². The minimum absolute atomic E-state index is 0.623. The number of anilines is 1. The molecule has 2 unspecified atom stereocenters. The zero-order chi connectivity index (χ0) is 13.1. The number of nitrogens with zero attached hydrogens (tertiary/aromatic N) is 1. The second-order valence-electron chi connectivity index (χ2n) is 5.49. The molecule has 1 heterocycles. The van der Waals surface area contributed by atoms with Crippen LogP contribution in [0, 0.1) is 5.92 Å². The molecule has 18 heavy (non-hydrogen) atoms. The van der Waals surface area contributed by atoms with E-state index in [4.69, 9.17) is 11.6 Å². The van der Waals surface area contributed by atoms with Crippen LogP contribution in [0.4, 0.5) is 5.69 Å². The number of piperidine rings is 1. The van der Waals surface area contributed by atoms with Crippen LogP contribution in [0.5, 0.6) is 0 Å². The molecule has 0 amide bonds. The van der Waals surface area contributed by atoms with E-state index in [2.05, 4.69) is 36.2 Å². The maximum atomic E-state index is 6.11. The molecule has 0 aliphatic carbocycles. The highest BCUT2D eigenvalue weighted by atomic mass is 35.5. The summed E-state index contributed by atoms with van der Waals surface area (Å²) in [4.78, 5) is 2.54. The summed E-state index contributed by atoms with van der Waals surface area (Å²) in [5.41, 5.74) is 2.64. The van der Waals surface area contributed by atoms with Gasteiger partial charge in [-0.25, -0.2) is 0 Å². The molecule has 1 aliphatic rings. The molecule has 1 saturated heterocycles. The monoisotopic (exact) mass is 266 g/mol. The molecular weight excluding hydrogens is 244 g/mol. The Morgan fingerprint density at radius 1 is 1.33 bits per heavy atom. The van der Waals surface area contributed by atoms with Crippen molar-refractivity contribution >= 4 is 17.3 Å². The van der Waals surface area contributed by atoms with Gasteiger partial charge in [-0.3, -0.25) is 0 Å². The summed E-state index contributed by atoms with van der Waals surface area (Å²) in [6.45, 7) is 6.68. The topological polar surface area (TPSA) is 15.3 Å². The van der Waals surface area contributed by atoms with Gasteiger partial charge in [-0.2, -0.15) is 0 Å². The fourth-order valence-electron chi connectivity index (χ4n) is 2.79. The molecule has 0 spiro atoms. The van der Waals surface area contributed by atoms with Crippen LogP contribution in [-0.2, 0) is 6.54 Å². The molecule has 3 heteroatoms. The van der Waals surface area contributed by atoms with Crippen molar-refractivity contribution in [3.8, 4) is 0 Å². The lowest BCUT2D eigenvalue weighted by atomic mass is 9.93. The van der Waals surface area contributed by atoms with Crippen molar-refractivity contribution in [2.75, 3.05) is 18.5 Å². The first-order valence-electron chi connectivity index (χ1n) is 6.81. The third kappa shape index (κ3) is 2.99. The second-order valence-corrected chi connectivity index (χ2v) is 5.92. The van der Waals surface area contributed by atoms with Crippen molar-refractivity contribution in [1.29, 1.82) is 0 Å². The maximum absolute atomic E-state index is 6.11. The van der Waals surface area contributed by atoms with Crippen LogP contribution in [0.2, 0.25) is 5.02 Å². The number of halogens is 1. The fraction of sp³-hybridized carbons (Fsp3) is 0.600. The molecule has 100 valence electrons. The molecule has 2 atom stereocenters. The highest BCUT2D eigenvalue weighted by Gasteiger charge is 2.24. The van der Waals surface area contributed by atoms with Gasteiger partial charge in [0.25, 0.3) is 0 Å². The van der Waals surface area contributed by atoms with E-state index in [1.165, 1.54) is 24.1 Å². The number of rotatable bonds is 3. The van der Waals surface area contributed by atoms with Crippen molar-refractivity contribution < 1.29 is 0 Å². The van der Waals surface area contributed by atoms with Gasteiger partial charge in [-0.1, -0.05) is 18.5 Å². The van der Waals surface area contributed by atoms with Gasteiger partial charge in [0.05, 0.1) is 0 Å². The van der Waals surface area contributed by atoms with Crippen LogP contribution in [0.25, 0.3) is 0 Å². The molecular formula is C15H23ClN2. The number of benzene rings is 1. The predicted octanol–water partition coefficient (Wildman–Crippen LogP) is 3.68. The lowest BCUT2D eigenvalue weighted by Gasteiger charge is -2.39. The highest BCUT2D eigenvalue weighted by Crippen LogP contribution is 2.31. The van der Waals surface area contributed by atoms with Crippen LogP contribution in [0.15, 0.2) is 18.2 Å². The molecule has 2 rings (SSSR count). The zero-order valence-electron chi connectivity index (χ0n) is 11.5. The summed E-state index contributed by atoms with van der Waals surface area (Å²) in [7, 11) is 1.98. The highest BCUT2D eigenvalue weighted by molar-refractivity contribution is 6.30. The Labute approximate surface area is 115 Å². The van der Waals surface area contributed by atoms with E-state index in [1.807, 2.05) is 13.1 Å². The average Bonchev–Trinajstić information content (AvgIpc) is 2.33. The molecule has 0 saturated carbocycles. The first kappa shape index (κ1) is 13.7. The summed E-state index contributed by atoms with van der Waals surface area (Å²) in [6, 6.07) is 6.88. The summed E-state index contributed by atoms with van der Waals surface area (Å²) >= 11 is 6.11. The maximum Gasteiger partial charge on any atom is 0.0415 e. The lowest BCUT2D eigenvalue weighted by molar-refractivity contribution is 0.389. The van der Waals surface area contributed by atoms with E-state index < -0.39 is 0 Å². The molecule has 1 aromatic carbocycles. The summed E-state index contributed by atoms with van der Waals surface area (Å²) in [6.07, 6.45) is 2.62. The first-order valence-corrected chi connectivity index (χ1v) is 7.19. The molecule has 0 radical (unpaired) electrons. The van der Waals surface area contributed by atoms with Crippen LogP contribution >= 0.6 is 11.6 Å². The molecule has 0 bridgehead atoms. The third-order valence-corrected chi connectivity index (χ3v) is 4.07. The van der Waals surface area contributed by atoms with Crippen molar-refractivity contribution in [2.45, 2.75) is 39.3 Å². The number of hydrogen-bond donors (Lipinski definition) is 1. The summed E-state index contributed by atoms with van der Waals surface area (Å²) in [5.74, 6) is 0.777. The molecule has 1 N–H and O–H groups in total. The lowest BCUT2D eigenvalue weighted by Crippen LogP contribution is -2.41. The normalized spacial score (nSPS) is 24.3. The third-order valence-electron chi connectivity index (χ3n) is 3.84. The van der Waals surface area contributed by atoms with Gasteiger partial charge in [-0.05, 0) is 56.5 Å². The average molecular weight is 267 g/mol. The van der Waals surface area contributed by atoms with E-state index in [0.29, 0.717) is 6.04 Å². The van der Waals surface area contributed by atoms with Gasteiger partial charge in [0.15, 0.2) is 0 Å². The quantitative estimate of drug-likeness (QED) is 0.898. The van der Waals surface area contributed by atoms with Gasteiger partial charge >= 0.3 is 0 Å². The molecule has 0 aromatic heterocycles. The Kier molecular flexibility index (Phi) is 4.52. The minimum Gasteiger partial charge on any atom is -0.368 e. The Balaban J connectivity index is 2.30. The van der Waals surface area contributed by atoms with Crippen LogP contribution in [0.1, 0.15) is 32.3 Å². The number of nitrogens with one attached hydrogen (secondary N) is 1. The largest absolute Gasteiger partial charge is 0.368 e. The predicted molar refractivity (Wildman–Crippen MR) is 79.4 cm³/mol. The van der Waals surface area contributed by atoms with E-state index >= 15 is 0 Å². The van der Waals surface area contributed by atoms with Crippen molar-refractivity contribution in [1.82, 2.24) is 5.32 Å². The minimum atomic E-state index is 0.623. The van der Waals surface area contributed by atoms with Crippen LogP contribution in [-0.4, -0.2) is 19.6 Å². The van der Waals surface area contributed by atoms with E-state index in [9.17, 15) is 0 Å². The van der Waals surface area contributed by atoms with Crippen LogP contribution < -0.4 is 10.2 Å². The Morgan fingerprint density at radius 2 is 2.11 bits per heavy atom. The zero-order valence-corrected chi connectivity index (χ0v) is 12.3. The van der Waals surface area contributed by atoms with Crippen molar-refractivity contribution in [3.63, 3.8) is 0 Å². The van der Waals surface area contributed by atoms with Gasteiger partial charge in [-0.15, -0.1) is 0 Å². The number of hydrogen-bond acceptors (Lipinski definition) is 2. The van der Waals surface area contributed by atoms with E-state index in [1.54, 1.807) is 0 Å². The standard InChI is InChI=1S/C15H23ClN2/c1-11-4-5-12(2)18(10-11)15-7-6-14(16)8-13(15)9-17-3/h6-8,11-12,17H,4-5,9-10H2,1-3H3. The smallest absolute Gasteiger partial charge is 0.0415 e. The SMILES string of the molecule is CNCc1cc(Cl)ccc1N1CC(C)CCC1C. The molecule has 1 fully saturated rings. The van der Waals surface area contributed by atoms with E-state index in [0.717, 1.165) is 24.0 Å². The fourth-order valence-corrected chi connectivity index (χ4v) is 2.99. The molecule has 2 nitrogen and oxygen atoms in total. The summed E-state index contributed by atoms with van der Waals surface area (Å²) in [5, 5.41) is 4.05. The summed E-state index contributed by atoms with van der Waals surface area (Å²) < 4.78 is 0.